The van der Waals surface area contributed by atoms with Crippen molar-refractivity contribution in [3.63, 3.8) is 0 Å². The second-order valence-corrected chi connectivity index (χ2v) is 10.8. The van der Waals surface area contributed by atoms with E-state index in [0.29, 0.717) is 74.3 Å². The molecule has 1 aromatic carbocycles. The number of aromatic nitrogens is 4. The number of rotatable bonds is 15. The van der Waals surface area contributed by atoms with E-state index in [4.69, 9.17) is 20.3 Å². The third-order valence-electron chi connectivity index (χ3n) is 7.49. The van der Waals surface area contributed by atoms with Crippen LogP contribution >= 0.6 is 0 Å². The van der Waals surface area contributed by atoms with Crippen LogP contribution in [0.4, 0.5) is 5.82 Å². The molecule has 1 amide bonds. The number of aromatic amines is 1. The van der Waals surface area contributed by atoms with Gasteiger partial charge >= 0.3 is 17.7 Å². The van der Waals surface area contributed by atoms with Crippen LogP contribution in [0, 0.1) is 5.92 Å². The zero-order chi connectivity index (χ0) is 30.1. The van der Waals surface area contributed by atoms with Gasteiger partial charge in [-0.15, -0.1) is 0 Å². The van der Waals surface area contributed by atoms with E-state index >= 15 is 0 Å². The zero-order valence-electron chi connectivity index (χ0n) is 24.4. The van der Waals surface area contributed by atoms with Crippen LogP contribution in [-0.4, -0.2) is 92.7 Å². The number of piperidine rings is 1. The summed E-state index contributed by atoms with van der Waals surface area (Å²) in [7, 11) is 1.88. The molecule has 13 nitrogen and oxygen atoms in total. The van der Waals surface area contributed by atoms with Crippen molar-refractivity contribution in [1.82, 2.24) is 29.3 Å². The number of aliphatic carboxylic acids is 1. The lowest BCUT2D eigenvalue weighted by Gasteiger charge is -2.33. The molecule has 13 heteroatoms. The van der Waals surface area contributed by atoms with Crippen LogP contribution in [0.15, 0.2) is 29.1 Å². The van der Waals surface area contributed by atoms with E-state index in [9.17, 15) is 14.4 Å². The Morgan fingerprint density at radius 3 is 2.71 bits per heavy atom. The highest BCUT2D eigenvalue weighted by molar-refractivity contribution is 5.82. The van der Waals surface area contributed by atoms with Crippen LogP contribution in [0.3, 0.4) is 0 Å². The maximum atomic E-state index is 12.9. The maximum Gasteiger partial charge on any atom is 0.327 e. The van der Waals surface area contributed by atoms with E-state index in [1.807, 2.05) is 16.8 Å². The molecule has 0 aliphatic carbocycles. The van der Waals surface area contributed by atoms with Crippen LogP contribution in [0.5, 0.6) is 11.8 Å². The van der Waals surface area contributed by atoms with Gasteiger partial charge in [0.2, 0.25) is 5.91 Å². The minimum absolute atomic E-state index is 0.0522. The number of benzene rings is 1. The number of nitrogen functional groups attached to an aromatic ring is 1. The number of aryl methyl sites for hydroxylation is 1. The van der Waals surface area contributed by atoms with Gasteiger partial charge in [0.05, 0.1) is 19.6 Å². The van der Waals surface area contributed by atoms with E-state index in [1.165, 1.54) is 0 Å². The first-order valence-corrected chi connectivity index (χ1v) is 14.5. The van der Waals surface area contributed by atoms with Crippen molar-refractivity contribution in [2.45, 2.75) is 52.0 Å². The number of fused-ring (bicyclic) bond motifs is 1. The molecule has 2 aromatic heterocycles. The van der Waals surface area contributed by atoms with Crippen molar-refractivity contribution in [3.05, 3.63) is 40.3 Å². The third-order valence-corrected chi connectivity index (χ3v) is 7.49. The Morgan fingerprint density at radius 1 is 1.19 bits per heavy atom. The predicted molar refractivity (Wildman–Crippen MR) is 158 cm³/mol. The first-order valence-electron chi connectivity index (χ1n) is 14.5. The summed E-state index contributed by atoms with van der Waals surface area (Å²) >= 11 is 0. The van der Waals surface area contributed by atoms with Gasteiger partial charge in [-0.05, 0) is 56.3 Å². The highest BCUT2D eigenvalue weighted by Gasteiger charge is 2.24. The summed E-state index contributed by atoms with van der Waals surface area (Å²) in [4.78, 5) is 51.6. The number of carbonyl (C=O) groups is 2. The molecule has 1 aliphatic heterocycles. The third kappa shape index (κ3) is 8.44. The number of carboxylic acid groups (broad SMARTS) is 1. The molecular weight excluding hydrogens is 542 g/mol. The zero-order valence-corrected chi connectivity index (χ0v) is 24.4. The number of likely N-dealkylation sites (tertiary alicyclic amines) is 1. The van der Waals surface area contributed by atoms with Gasteiger partial charge in [-0.25, -0.2) is 4.79 Å². The summed E-state index contributed by atoms with van der Waals surface area (Å²) in [6.07, 6.45) is 4.32. The monoisotopic (exact) mass is 583 g/mol. The van der Waals surface area contributed by atoms with Gasteiger partial charge in [0.1, 0.15) is 17.9 Å². The Morgan fingerprint density at radius 2 is 1.98 bits per heavy atom. The number of amides is 1. The summed E-state index contributed by atoms with van der Waals surface area (Å²) in [5.41, 5.74) is 7.33. The molecule has 0 saturated carbocycles. The van der Waals surface area contributed by atoms with Gasteiger partial charge < -0.3 is 30.2 Å². The number of hydrogen-bond acceptors (Lipinski definition) is 9. The molecule has 1 saturated heterocycles. The fourth-order valence-electron chi connectivity index (χ4n) is 5.04. The van der Waals surface area contributed by atoms with E-state index in [1.54, 1.807) is 28.8 Å². The average Bonchev–Trinajstić information content (AvgIpc) is 3.27. The number of hydrogen-bond donors (Lipinski definition) is 3. The van der Waals surface area contributed by atoms with E-state index in [-0.39, 0.29) is 29.8 Å². The minimum atomic E-state index is -0.887. The number of nitrogens with two attached hydrogens (primary N) is 1. The molecule has 228 valence electrons. The lowest BCUT2D eigenvalue weighted by Crippen LogP contribution is -2.44. The number of H-pyrrole nitrogens is 1. The SMILES string of the molecule is CCCCOc1nc(N)c2[nH]c(=O)n(CCC3CCN(C(=O)CN(C)CCOc4cccc(CC(=O)O)c4)CC3)c2n1. The molecule has 1 fully saturated rings. The van der Waals surface area contributed by atoms with E-state index in [2.05, 4.69) is 21.9 Å². The van der Waals surface area contributed by atoms with Gasteiger partial charge in [-0.2, -0.15) is 9.97 Å². The van der Waals surface area contributed by atoms with Crippen molar-refractivity contribution < 1.29 is 24.2 Å². The number of ether oxygens (including phenoxy) is 2. The lowest BCUT2D eigenvalue weighted by molar-refractivity contribution is -0.136. The Labute approximate surface area is 244 Å². The quantitative estimate of drug-likeness (QED) is 0.225. The van der Waals surface area contributed by atoms with Gasteiger partial charge in [0.15, 0.2) is 11.5 Å². The van der Waals surface area contributed by atoms with Crippen molar-refractivity contribution >= 4 is 28.9 Å². The predicted octanol–water partition coefficient (Wildman–Crippen LogP) is 2.15. The summed E-state index contributed by atoms with van der Waals surface area (Å²) in [6, 6.07) is 7.21. The maximum absolute atomic E-state index is 12.9. The Hall–Kier alpha value is -4.13. The first kappa shape index (κ1) is 30.8. The molecule has 3 aromatic rings. The molecule has 42 heavy (non-hydrogen) atoms. The van der Waals surface area contributed by atoms with Crippen molar-refractivity contribution in [2.24, 2.45) is 5.92 Å². The number of imidazole rings is 1. The van der Waals surface area contributed by atoms with Crippen LogP contribution in [0.25, 0.3) is 11.2 Å². The Balaban J connectivity index is 1.20. The summed E-state index contributed by atoms with van der Waals surface area (Å²) in [5.74, 6) is 0.378. The average molecular weight is 584 g/mol. The standard InChI is InChI=1S/C29H41N7O6/c1-3-4-15-42-28-32-26(30)25-27(33-28)36(29(40)31-25)13-10-20-8-11-35(12-9-20)23(37)19-34(2)14-16-41-22-7-5-6-21(17-22)18-24(38)39/h5-7,17,20H,3-4,8-16,18-19H2,1-2H3,(H,31,40)(H,38,39)(H2,30,32,33). The molecule has 3 heterocycles. The fraction of sp³-hybridized carbons (Fsp3) is 0.552. The smallest absolute Gasteiger partial charge is 0.327 e. The number of nitrogens with one attached hydrogen (secondary N) is 1. The first-order chi connectivity index (χ1) is 20.2. The molecule has 0 atom stereocenters. The van der Waals surface area contributed by atoms with Crippen molar-refractivity contribution in [2.75, 3.05) is 52.2 Å². The van der Waals surface area contributed by atoms with Gasteiger partial charge in [0, 0.05) is 26.2 Å². The summed E-state index contributed by atoms with van der Waals surface area (Å²) < 4.78 is 13.0. The van der Waals surface area contributed by atoms with Gasteiger partial charge in [-0.3, -0.25) is 19.1 Å². The molecule has 4 rings (SSSR count). The van der Waals surface area contributed by atoms with Gasteiger partial charge in [0.25, 0.3) is 0 Å². The van der Waals surface area contributed by atoms with Gasteiger partial charge in [-0.1, -0.05) is 25.5 Å². The van der Waals surface area contributed by atoms with Crippen LogP contribution < -0.4 is 20.9 Å². The second-order valence-electron chi connectivity index (χ2n) is 10.8. The summed E-state index contributed by atoms with van der Waals surface area (Å²) in [5, 5.41) is 8.96. The fourth-order valence-corrected chi connectivity index (χ4v) is 5.04. The number of carbonyl (C=O) groups excluding carboxylic acids is 1. The second kappa shape index (κ2) is 14.7. The Kier molecular flexibility index (Phi) is 10.8. The van der Waals surface area contributed by atoms with Crippen LogP contribution in [0.1, 0.15) is 44.6 Å². The molecule has 0 bridgehead atoms. The van der Waals surface area contributed by atoms with Crippen molar-refractivity contribution in [3.8, 4) is 11.8 Å². The number of likely N-dealkylation sites (N-methyl/N-ethyl adjacent to an activating group) is 1. The molecule has 1 aliphatic rings. The molecule has 0 radical (unpaired) electrons. The number of carboxylic acids is 1. The summed E-state index contributed by atoms with van der Waals surface area (Å²) in [6.45, 7) is 5.64. The lowest BCUT2D eigenvalue weighted by atomic mass is 9.93. The van der Waals surface area contributed by atoms with E-state index < -0.39 is 5.97 Å². The minimum Gasteiger partial charge on any atom is -0.492 e. The normalized spacial score (nSPS) is 14.0. The highest BCUT2D eigenvalue weighted by Crippen LogP contribution is 2.23. The Bertz CT molecular complexity index is 1410. The number of unbranched alkanes of at least 4 members (excludes halogenated alkanes) is 1. The molecular formula is C29H41N7O6. The highest BCUT2D eigenvalue weighted by atomic mass is 16.5. The van der Waals surface area contributed by atoms with E-state index in [0.717, 1.165) is 32.1 Å². The largest absolute Gasteiger partial charge is 0.492 e. The molecule has 0 unspecified atom stereocenters. The van der Waals surface area contributed by atoms with Crippen molar-refractivity contribution in [1.29, 1.82) is 0 Å². The topological polar surface area (TPSA) is 169 Å². The molecule has 4 N–H and O–H groups in total. The molecule has 0 spiro atoms. The van der Waals surface area contributed by atoms with Crippen LogP contribution in [-0.2, 0) is 22.6 Å². The van der Waals surface area contributed by atoms with Crippen LogP contribution in [0.2, 0.25) is 0 Å². The number of nitrogens with zero attached hydrogens (tertiary/aromatic N) is 5. The number of anilines is 1.